The van der Waals surface area contributed by atoms with E-state index in [2.05, 4.69) is 15.7 Å². The summed E-state index contributed by atoms with van der Waals surface area (Å²) in [4.78, 5) is 25.6. The van der Waals surface area contributed by atoms with Crippen LogP contribution in [0.15, 0.2) is 53.3 Å². The number of aliphatic hydroxyl groups is 1. The van der Waals surface area contributed by atoms with E-state index in [9.17, 15) is 9.59 Å². The van der Waals surface area contributed by atoms with Gasteiger partial charge in [-0.25, -0.2) is 4.79 Å². The maximum Gasteiger partial charge on any atom is 0.351 e. The lowest BCUT2D eigenvalue weighted by Crippen LogP contribution is -2.36. The zero-order chi connectivity index (χ0) is 23.1. The van der Waals surface area contributed by atoms with Crippen LogP contribution in [-0.4, -0.2) is 51.1 Å². The molecule has 0 aliphatic rings. The third kappa shape index (κ3) is 6.06. The molecule has 170 valence electrons. The minimum absolute atomic E-state index is 0.0396. The molecule has 0 saturated heterocycles. The van der Waals surface area contributed by atoms with Crippen molar-refractivity contribution in [3.05, 3.63) is 69.6 Å². The Morgan fingerprint density at radius 3 is 2.56 bits per heavy atom. The zero-order valence-electron chi connectivity index (χ0n) is 18.2. The average Bonchev–Trinajstić information content (AvgIpc) is 3.07. The number of rotatable bonds is 10. The summed E-state index contributed by atoms with van der Waals surface area (Å²) in [7, 11) is 0. The molecule has 1 heterocycles. The maximum atomic E-state index is 13.2. The Labute approximate surface area is 191 Å². The largest absolute Gasteiger partial charge is 0.395 e. The fourth-order valence-electron chi connectivity index (χ4n) is 3.30. The Bertz CT molecular complexity index is 1110. The number of carbonyl (C=O) groups excluding carboxylic acids is 1. The van der Waals surface area contributed by atoms with Crippen LogP contribution in [0.5, 0.6) is 0 Å². The highest BCUT2D eigenvalue weighted by Gasteiger charge is 2.19. The van der Waals surface area contributed by atoms with Crippen LogP contribution >= 0.6 is 11.6 Å². The van der Waals surface area contributed by atoms with Gasteiger partial charge in [-0.3, -0.25) is 9.36 Å². The van der Waals surface area contributed by atoms with Crippen molar-refractivity contribution in [1.29, 1.82) is 0 Å². The molecule has 3 aromatic rings. The average molecular weight is 458 g/mol. The number of amides is 1. The second-order valence-electron chi connectivity index (χ2n) is 7.73. The predicted octanol–water partition coefficient (Wildman–Crippen LogP) is 2.00. The molecule has 0 atom stereocenters. The smallest absolute Gasteiger partial charge is 0.351 e. The zero-order valence-corrected chi connectivity index (χ0v) is 19.0. The van der Waals surface area contributed by atoms with Gasteiger partial charge in [-0.05, 0) is 56.6 Å². The van der Waals surface area contributed by atoms with Gasteiger partial charge in [0.2, 0.25) is 5.91 Å². The van der Waals surface area contributed by atoms with Crippen molar-refractivity contribution >= 4 is 17.5 Å². The van der Waals surface area contributed by atoms with E-state index in [1.807, 2.05) is 38.1 Å². The van der Waals surface area contributed by atoms with E-state index in [4.69, 9.17) is 16.7 Å². The van der Waals surface area contributed by atoms with Gasteiger partial charge in [-0.2, -0.15) is 4.68 Å². The van der Waals surface area contributed by atoms with Gasteiger partial charge >= 0.3 is 5.69 Å². The molecular formula is C23H28ClN5O3. The third-order valence-electron chi connectivity index (χ3n) is 4.76. The summed E-state index contributed by atoms with van der Waals surface area (Å²) in [6.45, 7) is 4.99. The molecule has 0 aliphatic carbocycles. The van der Waals surface area contributed by atoms with Gasteiger partial charge in [0.25, 0.3) is 0 Å². The van der Waals surface area contributed by atoms with Gasteiger partial charge in [-0.15, -0.1) is 5.10 Å². The summed E-state index contributed by atoms with van der Waals surface area (Å²) in [6.07, 6.45) is 0.798. The standard InChI is InChI=1S/C23H28ClN5O3/c1-16(2)26-21(31)15-28-22(18-4-3-5-19(24)14-18)27-29(23(28)32)20-8-6-17(7-9-20)10-11-25-12-13-30/h3-9,14,16,25,30H,10-13,15H2,1-2H3,(H,26,31). The quantitative estimate of drug-likeness (QED) is 0.404. The SMILES string of the molecule is CC(C)NC(=O)Cn1c(-c2cccc(Cl)c2)nn(-c2ccc(CCNCCO)cc2)c1=O. The Morgan fingerprint density at radius 2 is 1.91 bits per heavy atom. The summed E-state index contributed by atoms with van der Waals surface area (Å²) in [5.74, 6) is 0.101. The van der Waals surface area contributed by atoms with Gasteiger partial charge in [0.05, 0.1) is 12.3 Å². The number of nitrogens with one attached hydrogen (secondary N) is 2. The molecule has 0 radical (unpaired) electrons. The number of benzene rings is 2. The number of carbonyl (C=O) groups is 1. The minimum Gasteiger partial charge on any atom is -0.395 e. The normalized spacial score (nSPS) is 11.2. The van der Waals surface area contributed by atoms with Crippen molar-refractivity contribution in [3.8, 4) is 17.1 Å². The van der Waals surface area contributed by atoms with Gasteiger partial charge in [0, 0.05) is 23.2 Å². The Hall–Kier alpha value is -2.94. The van der Waals surface area contributed by atoms with Crippen LogP contribution in [0.1, 0.15) is 19.4 Å². The molecule has 3 N–H and O–H groups in total. The lowest BCUT2D eigenvalue weighted by atomic mass is 10.1. The second-order valence-corrected chi connectivity index (χ2v) is 8.16. The van der Waals surface area contributed by atoms with Crippen molar-refractivity contribution in [2.24, 2.45) is 0 Å². The first-order valence-corrected chi connectivity index (χ1v) is 10.9. The molecule has 0 unspecified atom stereocenters. The molecule has 1 aromatic heterocycles. The Balaban J connectivity index is 1.93. The number of aliphatic hydroxyl groups excluding tert-OH is 1. The lowest BCUT2D eigenvalue weighted by molar-refractivity contribution is -0.122. The van der Waals surface area contributed by atoms with Crippen molar-refractivity contribution in [3.63, 3.8) is 0 Å². The van der Waals surface area contributed by atoms with E-state index in [1.165, 1.54) is 9.25 Å². The first-order chi connectivity index (χ1) is 15.4. The molecule has 0 fully saturated rings. The molecule has 3 rings (SSSR count). The summed E-state index contributed by atoms with van der Waals surface area (Å²) < 4.78 is 2.66. The summed E-state index contributed by atoms with van der Waals surface area (Å²) >= 11 is 6.14. The molecule has 32 heavy (non-hydrogen) atoms. The number of aromatic nitrogens is 3. The molecule has 0 spiro atoms. The number of nitrogens with zero attached hydrogens (tertiary/aromatic N) is 3. The van der Waals surface area contributed by atoms with E-state index in [0.717, 1.165) is 18.5 Å². The Morgan fingerprint density at radius 1 is 1.16 bits per heavy atom. The van der Waals surface area contributed by atoms with Gasteiger partial charge in [0.15, 0.2) is 5.82 Å². The second kappa shape index (κ2) is 11.1. The van der Waals surface area contributed by atoms with Crippen molar-refractivity contribution in [2.45, 2.75) is 32.9 Å². The molecule has 0 aliphatic heterocycles. The predicted molar refractivity (Wildman–Crippen MR) is 125 cm³/mol. The molecule has 0 saturated carbocycles. The van der Waals surface area contributed by atoms with E-state index >= 15 is 0 Å². The molecule has 0 bridgehead atoms. The van der Waals surface area contributed by atoms with Gasteiger partial charge in [0.1, 0.15) is 6.54 Å². The van der Waals surface area contributed by atoms with Crippen LogP contribution in [0.4, 0.5) is 0 Å². The lowest BCUT2D eigenvalue weighted by Gasteiger charge is -2.09. The van der Waals surface area contributed by atoms with Crippen LogP contribution < -0.4 is 16.3 Å². The van der Waals surface area contributed by atoms with Crippen molar-refractivity contribution in [2.75, 3.05) is 19.7 Å². The number of hydrogen-bond acceptors (Lipinski definition) is 5. The van der Waals surface area contributed by atoms with Crippen LogP contribution in [0.25, 0.3) is 17.1 Å². The van der Waals surface area contributed by atoms with E-state index in [-0.39, 0.29) is 25.1 Å². The van der Waals surface area contributed by atoms with Gasteiger partial charge < -0.3 is 15.7 Å². The van der Waals surface area contributed by atoms with Crippen LogP contribution in [0.3, 0.4) is 0 Å². The maximum absolute atomic E-state index is 13.2. The summed E-state index contributed by atoms with van der Waals surface area (Å²) in [5.41, 5.74) is 1.94. The molecule has 9 heteroatoms. The molecule has 2 aromatic carbocycles. The van der Waals surface area contributed by atoms with Crippen LogP contribution in [0, 0.1) is 0 Å². The van der Waals surface area contributed by atoms with Crippen molar-refractivity contribution in [1.82, 2.24) is 25.0 Å². The minimum atomic E-state index is -0.406. The molecule has 8 nitrogen and oxygen atoms in total. The highest BCUT2D eigenvalue weighted by molar-refractivity contribution is 6.30. The highest BCUT2D eigenvalue weighted by atomic mass is 35.5. The van der Waals surface area contributed by atoms with Crippen LogP contribution in [0.2, 0.25) is 5.02 Å². The van der Waals surface area contributed by atoms with E-state index in [0.29, 0.717) is 28.6 Å². The number of hydrogen-bond donors (Lipinski definition) is 3. The molecule has 1 amide bonds. The van der Waals surface area contributed by atoms with E-state index < -0.39 is 5.69 Å². The Kier molecular flexibility index (Phi) is 8.21. The number of halogens is 1. The summed E-state index contributed by atoms with van der Waals surface area (Å²) in [6, 6.07) is 14.5. The first kappa shape index (κ1) is 23.7. The van der Waals surface area contributed by atoms with Crippen molar-refractivity contribution < 1.29 is 9.90 Å². The fourth-order valence-corrected chi connectivity index (χ4v) is 3.49. The first-order valence-electron chi connectivity index (χ1n) is 10.5. The topological polar surface area (TPSA) is 101 Å². The highest BCUT2D eigenvalue weighted by Crippen LogP contribution is 2.21. The van der Waals surface area contributed by atoms with Crippen LogP contribution in [-0.2, 0) is 17.8 Å². The fraction of sp³-hybridized carbons (Fsp3) is 0.348. The summed E-state index contributed by atoms with van der Waals surface area (Å²) in [5, 5.41) is 19.8. The monoisotopic (exact) mass is 457 g/mol. The third-order valence-corrected chi connectivity index (χ3v) is 4.99. The van der Waals surface area contributed by atoms with E-state index in [1.54, 1.807) is 24.3 Å². The molecular weight excluding hydrogens is 430 g/mol. The van der Waals surface area contributed by atoms with Gasteiger partial charge in [-0.1, -0.05) is 35.9 Å².